The van der Waals surface area contributed by atoms with Crippen molar-refractivity contribution in [3.63, 3.8) is 0 Å². The van der Waals surface area contributed by atoms with E-state index in [4.69, 9.17) is 35.1 Å². The summed E-state index contributed by atoms with van der Waals surface area (Å²) >= 11 is 2.04. The van der Waals surface area contributed by atoms with E-state index in [9.17, 15) is 55.3 Å². The lowest BCUT2D eigenvalue weighted by Gasteiger charge is -2.28. The molecule has 0 bridgehead atoms. The maximum atomic E-state index is 14.2. The Labute approximate surface area is 575 Å². The van der Waals surface area contributed by atoms with Crippen molar-refractivity contribution in [3.8, 4) is 0 Å². The monoisotopic (exact) mass is 1420 g/mol. The molecule has 3 aromatic heterocycles. The van der Waals surface area contributed by atoms with E-state index in [0.29, 0.717) is 85.9 Å². The number of hydrogen-bond donors (Lipinski definition) is 8. The Hall–Kier alpha value is -9.29. The second-order valence-corrected chi connectivity index (χ2v) is 27.4. The van der Waals surface area contributed by atoms with Crippen LogP contribution in [0, 0.1) is 0 Å². The molecule has 0 radical (unpaired) electrons. The number of benzene rings is 4. The predicted molar refractivity (Wildman–Crippen MR) is 379 cm³/mol. The summed E-state index contributed by atoms with van der Waals surface area (Å²) in [6.45, 7) is 14.8. The number of anilines is 11. The van der Waals surface area contributed by atoms with E-state index in [1.54, 1.807) is 17.0 Å². The van der Waals surface area contributed by atoms with Crippen LogP contribution in [-0.2, 0) is 39.4 Å². The van der Waals surface area contributed by atoms with Gasteiger partial charge in [-0.2, -0.15) is 41.8 Å². The SMILES string of the molecule is CCN(CC)c1ccc(/N=N/c2nc(N3CCCCC3)c(/C=C(\C(C)=O)C(=O)Nc3ccccc3S(=O)(=O)O)s2)c(Nc2nc(Nc3cc(N(CC)CC)ccc3/N=N/c3nc(N4CCCCC4)c(C(C(C)=O)C(=O)Nc4ccccc4S(=O)(=O)O)s3)nc(N(CCO)CCO)n2)c1. The van der Waals surface area contributed by atoms with Crippen molar-refractivity contribution in [1.82, 2.24) is 24.9 Å². The first-order valence-corrected chi connectivity index (χ1v) is 36.4. The highest BCUT2D eigenvalue weighted by Gasteiger charge is 2.35. The first-order chi connectivity index (χ1) is 47.0. The third-order valence-corrected chi connectivity index (χ3v) is 19.8. The van der Waals surface area contributed by atoms with E-state index in [0.717, 1.165) is 84.7 Å². The van der Waals surface area contributed by atoms with Crippen molar-refractivity contribution in [3.05, 3.63) is 100 Å². The molecule has 2 saturated heterocycles. The number of amides is 2. The Morgan fingerprint density at radius 1 is 0.571 bits per heavy atom. The molecule has 30 nitrogen and oxygen atoms in total. The fourth-order valence-electron chi connectivity index (χ4n) is 11.2. The van der Waals surface area contributed by atoms with Crippen LogP contribution in [0.5, 0.6) is 0 Å². The van der Waals surface area contributed by atoms with Gasteiger partial charge in [0.15, 0.2) is 5.78 Å². The standard InChI is InChI=1S/C64H78N18O12S4/c1-7-78(8-2)42-25-27-45(74-76-63-69-56(80-29-17-11-18-30-80)51(95-63)39-44(40(5)85)58(87)65-47-21-13-15-23-52(47)97(89,90)91)49(37-42)67-60-71-61(73-62(72-60)82(33-35-83)34-36-84)68-50-38-43(79(9-3)10-4)26-28-46(50)75-77-64-70-57(81-31-19-12-20-32-81)55(96-64)54(41(6)86)59(88)66-48-22-14-16-24-53(48)98(92,93)94/h13-16,21-28,37-39,54,83-84H,7-12,17-20,29-36H2,1-6H3,(H,65,87)(H,66,88)(H,89,90,91)(H,92,93,94)(H2,67,68,71,72,73)/b44-39+,76-74+,77-75+. The van der Waals surface area contributed by atoms with E-state index in [1.807, 2.05) is 61.8 Å². The van der Waals surface area contributed by atoms with Gasteiger partial charge in [0.25, 0.3) is 26.1 Å². The van der Waals surface area contributed by atoms with E-state index >= 15 is 0 Å². The summed E-state index contributed by atoms with van der Waals surface area (Å²) in [5.41, 5.74) is 2.15. The highest BCUT2D eigenvalue weighted by atomic mass is 32.2. The van der Waals surface area contributed by atoms with Gasteiger partial charge in [-0.25, -0.2) is 0 Å². The number of carbonyl (C=O) groups is 4. The van der Waals surface area contributed by atoms with Crippen LogP contribution >= 0.6 is 22.7 Å². The summed E-state index contributed by atoms with van der Waals surface area (Å²) in [5, 5.41) is 51.2. The minimum atomic E-state index is -4.77. The molecule has 98 heavy (non-hydrogen) atoms. The van der Waals surface area contributed by atoms with Crippen LogP contribution in [0.3, 0.4) is 0 Å². The predicted octanol–water partition coefficient (Wildman–Crippen LogP) is 11.0. The van der Waals surface area contributed by atoms with Crippen molar-refractivity contribution >= 4 is 158 Å². The van der Waals surface area contributed by atoms with Crippen molar-refractivity contribution in [2.45, 2.75) is 95.8 Å². The molecule has 0 saturated carbocycles. The topological polar surface area (TPSA) is 396 Å². The molecular weight excluding hydrogens is 1340 g/mol. The van der Waals surface area contributed by atoms with Crippen LogP contribution in [0.2, 0.25) is 0 Å². The Morgan fingerprint density at radius 3 is 1.49 bits per heavy atom. The molecule has 2 aliphatic rings. The molecule has 34 heteroatoms. The maximum absolute atomic E-state index is 14.2. The summed E-state index contributed by atoms with van der Waals surface area (Å²) in [5.74, 6) is -3.59. The molecule has 8 N–H and O–H groups in total. The minimum Gasteiger partial charge on any atom is -0.395 e. The Balaban J connectivity index is 1.10. The third-order valence-electron chi connectivity index (χ3n) is 16.1. The van der Waals surface area contributed by atoms with Crippen LogP contribution in [0.25, 0.3) is 6.08 Å². The van der Waals surface area contributed by atoms with Gasteiger partial charge in [-0.05, 0) is 147 Å². The number of thiazole rings is 2. The molecule has 5 heterocycles. The first kappa shape index (κ1) is 73.0. The molecule has 2 fully saturated rings. The molecule has 0 aliphatic carbocycles. The van der Waals surface area contributed by atoms with Crippen LogP contribution < -0.4 is 45.8 Å². The largest absolute Gasteiger partial charge is 0.395 e. The lowest BCUT2D eigenvalue weighted by molar-refractivity contribution is -0.126. The molecule has 7 aromatic rings. The molecule has 0 spiro atoms. The summed E-state index contributed by atoms with van der Waals surface area (Å²) in [6.07, 6.45) is 6.68. The number of para-hydroxylation sites is 2. The lowest BCUT2D eigenvalue weighted by Crippen LogP contribution is -2.33. The number of carbonyl (C=O) groups excluding carboxylic acids is 4. The van der Waals surface area contributed by atoms with Crippen molar-refractivity contribution in [2.75, 3.05) is 124 Å². The quantitative estimate of drug-likeness (QED) is 0.00658. The molecule has 4 aromatic carbocycles. The van der Waals surface area contributed by atoms with Crippen molar-refractivity contribution in [1.29, 1.82) is 0 Å². The number of ketones is 2. The molecule has 1 atom stereocenters. The van der Waals surface area contributed by atoms with Gasteiger partial charge in [0.2, 0.25) is 34.0 Å². The number of nitrogens with zero attached hydrogens (tertiary/aromatic N) is 14. The van der Waals surface area contributed by atoms with Gasteiger partial charge < -0.3 is 56.0 Å². The van der Waals surface area contributed by atoms with E-state index in [2.05, 4.69) is 41.3 Å². The van der Waals surface area contributed by atoms with Crippen LogP contribution in [-0.4, -0.2) is 163 Å². The zero-order chi connectivity index (χ0) is 70.3. The van der Waals surface area contributed by atoms with Gasteiger partial charge in [0.1, 0.15) is 44.5 Å². The Bertz CT molecular complexity index is 4350. The van der Waals surface area contributed by atoms with Gasteiger partial charge in [-0.3, -0.25) is 28.3 Å². The summed E-state index contributed by atoms with van der Waals surface area (Å²) < 4.78 is 68.9. The fraction of sp³-hybridized carbons (Fsp3) is 0.391. The smallest absolute Gasteiger partial charge is 0.296 e. The number of piperidine rings is 2. The molecular formula is C64H78N18O12S4. The fourth-order valence-corrected chi connectivity index (χ4v) is 14.4. The van der Waals surface area contributed by atoms with Crippen LogP contribution in [0.4, 0.5) is 85.2 Å². The Kier molecular flexibility index (Phi) is 24.8. The van der Waals surface area contributed by atoms with E-state index in [-0.39, 0.29) is 81.9 Å². The number of rotatable bonds is 31. The van der Waals surface area contributed by atoms with Gasteiger partial charge in [0, 0.05) is 76.8 Å². The number of Topliss-reactive ketones (excluding diaryl/α,β-unsaturated/α-hetero) is 2. The highest BCUT2D eigenvalue weighted by molar-refractivity contribution is 7.86. The highest BCUT2D eigenvalue weighted by Crippen LogP contribution is 2.43. The van der Waals surface area contributed by atoms with Gasteiger partial charge in [-0.1, -0.05) is 46.9 Å². The summed E-state index contributed by atoms with van der Waals surface area (Å²) in [4.78, 5) is 88.6. The normalized spacial score (nSPS) is 14.2. The number of nitrogens with one attached hydrogen (secondary N) is 4. The van der Waals surface area contributed by atoms with Gasteiger partial charge in [0.05, 0.1) is 51.3 Å². The average Bonchev–Trinajstić information content (AvgIpc) is 1.60. The van der Waals surface area contributed by atoms with E-state index < -0.39 is 59.3 Å². The van der Waals surface area contributed by atoms with Crippen molar-refractivity contribution in [2.24, 2.45) is 20.5 Å². The minimum absolute atomic E-state index is 0.0102. The van der Waals surface area contributed by atoms with Gasteiger partial charge in [-0.15, -0.1) is 20.5 Å². The average molecular weight is 1420 g/mol. The number of azo groups is 2. The summed E-state index contributed by atoms with van der Waals surface area (Å²) in [6, 6.07) is 21.5. The van der Waals surface area contributed by atoms with E-state index in [1.165, 1.54) is 56.3 Å². The molecule has 1 unspecified atom stereocenters. The second kappa shape index (κ2) is 33.3. The molecule has 9 rings (SSSR count). The van der Waals surface area contributed by atoms with Crippen LogP contribution in [0.1, 0.15) is 95.7 Å². The zero-order valence-corrected chi connectivity index (χ0v) is 58.2. The number of aromatic nitrogens is 5. The summed E-state index contributed by atoms with van der Waals surface area (Å²) in [7, 11) is -9.52. The van der Waals surface area contributed by atoms with Gasteiger partial charge >= 0.3 is 0 Å². The molecule has 520 valence electrons. The number of aliphatic hydroxyl groups excluding tert-OH is 2. The lowest BCUT2D eigenvalue weighted by atomic mass is 10.0. The number of aliphatic hydroxyl groups is 2. The zero-order valence-electron chi connectivity index (χ0n) is 54.9. The Morgan fingerprint density at radius 2 is 1.03 bits per heavy atom. The maximum Gasteiger partial charge on any atom is 0.296 e. The third kappa shape index (κ3) is 18.3. The van der Waals surface area contributed by atoms with Crippen LogP contribution in [0.15, 0.2) is 121 Å². The first-order valence-electron chi connectivity index (χ1n) is 31.9. The number of hydrogen-bond acceptors (Lipinski definition) is 28. The second-order valence-electron chi connectivity index (χ2n) is 22.6. The molecule has 2 aliphatic heterocycles. The van der Waals surface area contributed by atoms with Crippen molar-refractivity contribution < 1.29 is 55.3 Å². The molecule has 2 amide bonds.